The molecule has 5 nitrogen and oxygen atoms in total. The van der Waals surface area contributed by atoms with Crippen molar-refractivity contribution in [2.24, 2.45) is 0 Å². The summed E-state index contributed by atoms with van der Waals surface area (Å²) in [6.45, 7) is 16.1. The van der Waals surface area contributed by atoms with Gasteiger partial charge < -0.3 is 10.1 Å². The predicted molar refractivity (Wildman–Crippen MR) is 90.4 cm³/mol. The Hall–Kier alpha value is -0.200. The highest BCUT2D eigenvalue weighted by atomic mass is 16.5. The van der Waals surface area contributed by atoms with E-state index in [-0.39, 0.29) is 0 Å². The maximum Gasteiger partial charge on any atom is 0.0829 e. The van der Waals surface area contributed by atoms with Crippen molar-refractivity contribution >= 4 is 0 Å². The molecule has 128 valence electrons. The van der Waals surface area contributed by atoms with E-state index in [9.17, 15) is 0 Å². The molecular formula is C17H34N4O. The third-order valence-corrected chi connectivity index (χ3v) is 5.59. The number of piperazine rings is 1. The molecule has 5 heteroatoms. The highest BCUT2D eigenvalue weighted by molar-refractivity contribution is 4.84. The van der Waals surface area contributed by atoms with Crippen molar-refractivity contribution in [3.8, 4) is 0 Å². The van der Waals surface area contributed by atoms with E-state index < -0.39 is 0 Å². The molecule has 3 fully saturated rings. The summed E-state index contributed by atoms with van der Waals surface area (Å²) in [5.74, 6) is 0. The number of rotatable bonds is 4. The molecule has 0 saturated carbocycles. The third-order valence-electron chi connectivity index (χ3n) is 5.59. The molecule has 0 aromatic carbocycles. The third kappa shape index (κ3) is 4.42. The van der Waals surface area contributed by atoms with Crippen molar-refractivity contribution in [1.82, 2.24) is 20.0 Å². The van der Waals surface area contributed by atoms with Gasteiger partial charge in [0.15, 0.2) is 0 Å². The number of hydrogen-bond donors (Lipinski definition) is 1. The van der Waals surface area contributed by atoms with E-state index in [1.54, 1.807) is 0 Å². The summed E-state index contributed by atoms with van der Waals surface area (Å²) in [7, 11) is 0. The predicted octanol–water partition coefficient (Wildman–Crippen LogP) is 0.465. The van der Waals surface area contributed by atoms with Crippen LogP contribution in [0, 0.1) is 0 Å². The first-order valence-corrected chi connectivity index (χ1v) is 9.25. The van der Waals surface area contributed by atoms with Crippen LogP contribution in [-0.2, 0) is 4.74 Å². The van der Waals surface area contributed by atoms with Gasteiger partial charge in [-0.2, -0.15) is 0 Å². The molecule has 3 heterocycles. The number of hydrogen-bond acceptors (Lipinski definition) is 5. The van der Waals surface area contributed by atoms with Crippen LogP contribution in [-0.4, -0.2) is 98.4 Å². The van der Waals surface area contributed by atoms with Gasteiger partial charge in [0.2, 0.25) is 0 Å². The Balaban J connectivity index is 1.42. The van der Waals surface area contributed by atoms with Crippen LogP contribution < -0.4 is 5.32 Å². The summed E-state index contributed by atoms with van der Waals surface area (Å²) in [6.07, 6.45) is 3.02. The first-order chi connectivity index (χ1) is 10.7. The van der Waals surface area contributed by atoms with Crippen LogP contribution in [0.15, 0.2) is 0 Å². The second-order valence-electron chi connectivity index (χ2n) is 7.40. The lowest BCUT2D eigenvalue weighted by molar-refractivity contribution is -0.0639. The van der Waals surface area contributed by atoms with E-state index in [4.69, 9.17) is 4.74 Å². The van der Waals surface area contributed by atoms with E-state index in [0.29, 0.717) is 12.1 Å². The minimum Gasteiger partial charge on any atom is -0.374 e. The normalized spacial score (nSPS) is 31.0. The Morgan fingerprint density at radius 2 is 1.77 bits per heavy atom. The zero-order valence-corrected chi connectivity index (χ0v) is 14.5. The van der Waals surface area contributed by atoms with E-state index in [0.717, 1.165) is 32.3 Å². The Bertz CT molecular complexity index is 325. The molecule has 0 aliphatic carbocycles. The second-order valence-corrected chi connectivity index (χ2v) is 7.40. The number of nitrogens with one attached hydrogen (secondary N) is 1. The van der Waals surface area contributed by atoms with E-state index in [1.807, 2.05) is 0 Å². The molecular weight excluding hydrogens is 276 g/mol. The summed E-state index contributed by atoms with van der Waals surface area (Å²) in [6, 6.07) is 1.47. The highest BCUT2D eigenvalue weighted by Crippen LogP contribution is 2.17. The lowest BCUT2D eigenvalue weighted by Crippen LogP contribution is -2.55. The summed E-state index contributed by atoms with van der Waals surface area (Å²) in [5.41, 5.74) is 0. The molecule has 0 spiro atoms. The fourth-order valence-electron chi connectivity index (χ4n) is 4.11. The smallest absolute Gasteiger partial charge is 0.0829 e. The van der Waals surface area contributed by atoms with Gasteiger partial charge in [-0.1, -0.05) is 0 Å². The van der Waals surface area contributed by atoms with Gasteiger partial charge in [0, 0.05) is 57.9 Å². The van der Waals surface area contributed by atoms with Crippen molar-refractivity contribution < 1.29 is 4.74 Å². The molecule has 0 bridgehead atoms. The summed E-state index contributed by atoms with van der Waals surface area (Å²) >= 11 is 0. The maximum atomic E-state index is 6.06. The highest BCUT2D eigenvalue weighted by Gasteiger charge is 2.29. The van der Waals surface area contributed by atoms with Crippen molar-refractivity contribution in [1.29, 1.82) is 0 Å². The molecule has 3 aliphatic heterocycles. The van der Waals surface area contributed by atoms with Gasteiger partial charge in [-0.15, -0.1) is 0 Å². The van der Waals surface area contributed by atoms with Crippen molar-refractivity contribution in [2.45, 2.75) is 44.9 Å². The first kappa shape index (κ1) is 16.7. The van der Waals surface area contributed by atoms with Crippen LogP contribution >= 0.6 is 0 Å². The van der Waals surface area contributed by atoms with Gasteiger partial charge in [-0.3, -0.25) is 14.7 Å². The average Bonchev–Trinajstić information content (AvgIpc) is 2.56. The Morgan fingerprint density at radius 3 is 2.45 bits per heavy atom. The van der Waals surface area contributed by atoms with Crippen LogP contribution in [0.25, 0.3) is 0 Å². The van der Waals surface area contributed by atoms with Crippen LogP contribution in [0.1, 0.15) is 26.7 Å². The molecule has 0 amide bonds. The molecule has 1 unspecified atom stereocenters. The van der Waals surface area contributed by atoms with Gasteiger partial charge in [0.25, 0.3) is 0 Å². The number of nitrogens with zero attached hydrogens (tertiary/aromatic N) is 3. The monoisotopic (exact) mass is 310 g/mol. The molecule has 3 aliphatic rings. The van der Waals surface area contributed by atoms with Gasteiger partial charge in [0.1, 0.15) is 0 Å². The topological polar surface area (TPSA) is 31.0 Å². The van der Waals surface area contributed by atoms with E-state index >= 15 is 0 Å². The second kappa shape index (κ2) is 8.06. The van der Waals surface area contributed by atoms with Crippen LogP contribution in [0.2, 0.25) is 0 Å². The standard InChI is InChI=1S/C17H34N4O/c1-15(2)20-9-7-19(8-10-20)13-17-14-21(11-12-22-17)16-3-5-18-6-4-16/h15-18H,3-14H2,1-2H3. The molecule has 1 atom stereocenters. The lowest BCUT2D eigenvalue weighted by Gasteiger charge is -2.43. The van der Waals surface area contributed by atoms with Crippen LogP contribution in [0.4, 0.5) is 0 Å². The number of morpholine rings is 1. The molecule has 1 N–H and O–H groups in total. The van der Waals surface area contributed by atoms with Crippen molar-refractivity contribution in [3.05, 3.63) is 0 Å². The summed E-state index contributed by atoms with van der Waals surface area (Å²) in [5, 5.41) is 3.47. The van der Waals surface area contributed by atoms with Gasteiger partial charge in [0.05, 0.1) is 12.7 Å². The molecule has 0 aromatic heterocycles. The van der Waals surface area contributed by atoms with E-state index in [2.05, 4.69) is 33.9 Å². The molecule has 0 aromatic rings. The van der Waals surface area contributed by atoms with Crippen molar-refractivity contribution in [2.75, 3.05) is 65.5 Å². The number of piperidine rings is 1. The minimum absolute atomic E-state index is 0.411. The van der Waals surface area contributed by atoms with Crippen LogP contribution in [0.5, 0.6) is 0 Å². The zero-order chi connectivity index (χ0) is 15.4. The largest absolute Gasteiger partial charge is 0.374 e. The SMILES string of the molecule is CC(C)N1CCN(CC2CN(C3CCNCC3)CCO2)CC1. The molecule has 3 saturated heterocycles. The first-order valence-electron chi connectivity index (χ1n) is 9.25. The molecule has 3 rings (SSSR count). The Kier molecular flexibility index (Phi) is 6.10. The lowest BCUT2D eigenvalue weighted by atomic mass is 10.0. The van der Waals surface area contributed by atoms with Crippen LogP contribution in [0.3, 0.4) is 0 Å². The van der Waals surface area contributed by atoms with Crippen molar-refractivity contribution in [3.63, 3.8) is 0 Å². The molecule has 22 heavy (non-hydrogen) atoms. The Labute approximate surface area is 136 Å². The fourth-order valence-corrected chi connectivity index (χ4v) is 4.11. The van der Waals surface area contributed by atoms with Gasteiger partial charge >= 0.3 is 0 Å². The molecule has 0 radical (unpaired) electrons. The Morgan fingerprint density at radius 1 is 1.05 bits per heavy atom. The number of ether oxygens (including phenoxy) is 1. The summed E-state index contributed by atoms with van der Waals surface area (Å²) < 4.78 is 6.06. The summed E-state index contributed by atoms with van der Waals surface area (Å²) in [4.78, 5) is 7.88. The average molecular weight is 310 g/mol. The quantitative estimate of drug-likeness (QED) is 0.815. The zero-order valence-electron chi connectivity index (χ0n) is 14.5. The van der Waals surface area contributed by atoms with E-state index in [1.165, 1.54) is 52.1 Å². The van der Waals surface area contributed by atoms with Gasteiger partial charge in [-0.05, 0) is 39.8 Å². The fraction of sp³-hybridized carbons (Fsp3) is 1.00. The van der Waals surface area contributed by atoms with Gasteiger partial charge in [-0.25, -0.2) is 0 Å². The minimum atomic E-state index is 0.411. The maximum absolute atomic E-state index is 6.06.